The lowest BCUT2D eigenvalue weighted by atomic mass is 10.1. The SMILES string of the molecule is OC[C@H]1O[C@@H](n2cnc3c(NC[C@@H](O)c4ccccc4)ncnc32)C[C@@H]1O. The van der Waals surface area contributed by atoms with Crippen LogP contribution in [0.4, 0.5) is 5.82 Å². The van der Waals surface area contributed by atoms with Gasteiger partial charge in [0.15, 0.2) is 17.0 Å². The van der Waals surface area contributed by atoms with E-state index in [9.17, 15) is 15.3 Å². The molecule has 1 saturated heterocycles. The standard InChI is InChI=1S/C18H21N5O4/c24-8-14-12(25)6-15(27-14)23-10-22-16-17(20-9-21-18(16)23)19-7-13(26)11-4-2-1-3-5-11/h1-5,9-10,12-15,24-26H,6-8H2,(H,19,20,21)/t12-,13+,14+,15+/m0/s1. The van der Waals surface area contributed by atoms with Gasteiger partial charge in [-0.25, -0.2) is 15.0 Å². The van der Waals surface area contributed by atoms with Crippen molar-refractivity contribution in [1.82, 2.24) is 19.5 Å². The summed E-state index contributed by atoms with van der Waals surface area (Å²) in [5.41, 5.74) is 1.91. The highest BCUT2D eigenvalue weighted by molar-refractivity contribution is 5.82. The molecule has 0 spiro atoms. The molecule has 3 heterocycles. The molecule has 0 aliphatic carbocycles. The van der Waals surface area contributed by atoms with E-state index in [1.54, 1.807) is 10.9 Å². The molecule has 1 aromatic carbocycles. The normalized spacial score (nSPS) is 23.6. The maximum atomic E-state index is 10.3. The van der Waals surface area contributed by atoms with Gasteiger partial charge in [0.05, 0.1) is 25.1 Å². The number of aliphatic hydroxyl groups excluding tert-OH is 3. The van der Waals surface area contributed by atoms with Crippen LogP contribution in [-0.2, 0) is 4.74 Å². The number of rotatable bonds is 6. The summed E-state index contributed by atoms with van der Waals surface area (Å²) >= 11 is 0. The number of fused-ring (bicyclic) bond motifs is 1. The topological polar surface area (TPSA) is 126 Å². The second kappa shape index (κ2) is 7.57. The summed E-state index contributed by atoms with van der Waals surface area (Å²) in [5, 5.41) is 32.6. The molecule has 4 N–H and O–H groups in total. The predicted molar refractivity (Wildman–Crippen MR) is 96.8 cm³/mol. The number of imidazole rings is 1. The summed E-state index contributed by atoms with van der Waals surface area (Å²) in [6, 6.07) is 9.36. The number of ether oxygens (including phenoxy) is 1. The van der Waals surface area contributed by atoms with E-state index >= 15 is 0 Å². The van der Waals surface area contributed by atoms with Gasteiger partial charge in [-0.3, -0.25) is 4.57 Å². The summed E-state index contributed by atoms with van der Waals surface area (Å²) in [6.45, 7) is 0.0255. The highest BCUT2D eigenvalue weighted by Crippen LogP contribution is 2.31. The van der Waals surface area contributed by atoms with Crippen LogP contribution in [0, 0.1) is 0 Å². The van der Waals surface area contributed by atoms with E-state index in [0.29, 0.717) is 23.4 Å². The van der Waals surface area contributed by atoms with Crippen molar-refractivity contribution in [3.05, 3.63) is 48.5 Å². The third-order valence-corrected chi connectivity index (χ3v) is 4.70. The van der Waals surface area contributed by atoms with E-state index in [-0.39, 0.29) is 13.2 Å². The zero-order valence-corrected chi connectivity index (χ0v) is 14.5. The van der Waals surface area contributed by atoms with E-state index in [0.717, 1.165) is 5.56 Å². The van der Waals surface area contributed by atoms with Gasteiger partial charge in [0.25, 0.3) is 0 Å². The Morgan fingerprint density at radius 1 is 1.22 bits per heavy atom. The number of hydrogen-bond acceptors (Lipinski definition) is 8. The van der Waals surface area contributed by atoms with Gasteiger partial charge in [0, 0.05) is 13.0 Å². The van der Waals surface area contributed by atoms with Crippen LogP contribution in [0.5, 0.6) is 0 Å². The van der Waals surface area contributed by atoms with Crippen molar-refractivity contribution in [2.75, 3.05) is 18.5 Å². The third kappa shape index (κ3) is 3.50. The molecule has 3 aromatic rings. The Balaban J connectivity index is 1.53. The zero-order chi connectivity index (χ0) is 18.8. The third-order valence-electron chi connectivity index (χ3n) is 4.70. The van der Waals surface area contributed by atoms with E-state index < -0.39 is 24.5 Å². The lowest BCUT2D eigenvalue weighted by molar-refractivity contribution is -0.0432. The van der Waals surface area contributed by atoms with Crippen molar-refractivity contribution >= 4 is 17.0 Å². The van der Waals surface area contributed by atoms with Crippen molar-refractivity contribution in [2.24, 2.45) is 0 Å². The first-order chi connectivity index (χ1) is 13.2. The van der Waals surface area contributed by atoms with Crippen molar-refractivity contribution < 1.29 is 20.1 Å². The van der Waals surface area contributed by atoms with Crippen LogP contribution in [0.15, 0.2) is 43.0 Å². The number of hydrogen-bond donors (Lipinski definition) is 4. The number of aromatic nitrogens is 4. The largest absolute Gasteiger partial charge is 0.394 e. The van der Waals surface area contributed by atoms with Gasteiger partial charge in [-0.15, -0.1) is 0 Å². The highest BCUT2D eigenvalue weighted by atomic mass is 16.5. The molecule has 4 rings (SSSR count). The average molecular weight is 371 g/mol. The van der Waals surface area contributed by atoms with Crippen LogP contribution < -0.4 is 5.32 Å². The lowest BCUT2D eigenvalue weighted by Crippen LogP contribution is -2.24. The van der Waals surface area contributed by atoms with Gasteiger partial charge in [-0.2, -0.15) is 0 Å². The molecule has 0 radical (unpaired) electrons. The number of anilines is 1. The number of benzene rings is 1. The van der Waals surface area contributed by atoms with Crippen LogP contribution in [0.3, 0.4) is 0 Å². The lowest BCUT2D eigenvalue weighted by Gasteiger charge is -2.14. The first kappa shape index (κ1) is 17.8. The minimum Gasteiger partial charge on any atom is -0.394 e. The molecule has 9 heteroatoms. The second-order valence-electron chi connectivity index (χ2n) is 6.47. The maximum absolute atomic E-state index is 10.3. The van der Waals surface area contributed by atoms with Crippen molar-refractivity contribution in [3.8, 4) is 0 Å². The quantitative estimate of drug-likeness (QED) is 0.497. The number of aliphatic hydroxyl groups is 3. The molecule has 4 atom stereocenters. The van der Waals surface area contributed by atoms with Gasteiger partial charge < -0.3 is 25.4 Å². The average Bonchev–Trinajstić information content (AvgIpc) is 3.30. The van der Waals surface area contributed by atoms with E-state index in [1.165, 1.54) is 6.33 Å². The number of nitrogens with zero attached hydrogens (tertiary/aromatic N) is 4. The highest BCUT2D eigenvalue weighted by Gasteiger charge is 2.35. The zero-order valence-electron chi connectivity index (χ0n) is 14.5. The van der Waals surface area contributed by atoms with Gasteiger partial charge in [0.2, 0.25) is 0 Å². The minimum atomic E-state index is -0.738. The maximum Gasteiger partial charge on any atom is 0.167 e. The predicted octanol–water partition coefficient (Wildman–Crippen LogP) is 0.613. The monoisotopic (exact) mass is 371 g/mol. The van der Waals surface area contributed by atoms with Crippen LogP contribution in [0.1, 0.15) is 24.3 Å². The molecule has 1 aliphatic rings. The fraction of sp³-hybridized carbons (Fsp3) is 0.389. The summed E-state index contributed by atoms with van der Waals surface area (Å²) in [7, 11) is 0. The Morgan fingerprint density at radius 3 is 2.78 bits per heavy atom. The smallest absolute Gasteiger partial charge is 0.167 e. The van der Waals surface area contributed by atoms with Crippen molar-refractivity contribution in [3.63, 3.8) is 0 Å². The van der Waals surface area contributed by atoms with E-state index in [4.69, 9.17) is 4.74 Å². The molecule has 0 bridgehead atoms. The molecule has 1 aliphatic heterocycles. The molecular formula is C18H21N5O4. The van der Waals surface area contributed by atoms with Gasteiger partial charge in [-0.05, 0) is 5.56 Å². The first-order valence-corrected chi connectivity index (χ1v) is 8.76. The van der Waals surface area contributed by atoms with Gasteiger partial charge in [-0.1, -0.05) is 30.3 Å². The fourth-order valence-corrected chi connectivity index (χ4v) is 3.23. The van der Waals surface area contributed by atoms with Crippen LogP contribution in [0.2, 0.25) is 0 Å². The molecule has 0 amide bonds. The molecule has 1 fully saturated rings. The summed E-state index contributed by atoms with van der Waals surface area (Å²) in [4.78, 5) is 12.8. The molecule has 142 valence electrons. The van der Waals surface area contributed by atoms with Crippen molar-refractivity contribution in [2.45, 2.75) is 31.0 Å². The van der Waals surface area contributed by atoms with Crippen LogP contribution in [-0.4, -0.2) is 60.2 Å². The van der Waals surface area contributed by atoms with Crippen molar-refractivity contribution in [1.29, 1.82) is 0 Å². The molecule has 2 aromatic heterocycles. The van der Waals surface area contributed by atoms with E-state index in [1.807, 2.05) is 30.3 Å². The molecular weight excluding hydrogens is 350 g/mol. The fourth-order valence-electron chi connectivity index (χ4n) is 3.23. The summed E-state index contributed by atoms with van der Waals surface area (Å²) < 4.78 is 7.39. The molecule has 27 heavy (non-hydrogen) atoms. The molecule has 0 unspecified atom stereocenters. The van der Waals surface area contributed by atoms with Crippen LogP contribution >= 0.6 is 0 Å². The van der Waals surface area contributed by atoms with E-state index in [2.05, 4.69) is 20.3 Å². The van der Waals surface area contributed by atoms with Gasteiger partial charge >= 0.3 is 0 Å². The molecule has 0 saturated carbocycles. The Hall–Kier alpha value is -2.59. The van der Waals surface area contributed by atoms with Gasteiger partial charge in [0.1, 0.15) is 18.7 Å². The Bertz CT molecular complexity index is 903. The summed E-state index contributed by atoms with van der Waals surface area (Å²) in [5.74, 6) is 0.506. The molecule has 9 nitrogen and oxygen atoms in total. The van der Waals surface area contributed by atoms with Crippen LogP contribution in [0.25, 0.3) is 11.2 Å². The minimum absolute atomic E-state index is 0.247. The Morgan fingerprint density at radius 2 is 2.04 bits per heavy atom. The summed E-state index contributed by atoms with van der Waals surface area (Å²) in [6.07, 6.45) is 0.834. The first-order valence-electron chi connectivity index (χ1n) is 8.76. The number of nitrogens with one attached hydrogen (secondary N) is 1. The second-order valence-corrected chi connectivity index (χ2v) is 6.47. The Labute approximate surface area is 155 Å². The Kier molecular flexibility index (Phi) is 4.99.